The van der Waals surface area contributed by atoms with E-state index >= 15 is 0 Å². The standard InChI is InChI=1S/C23H25FN4O2S/c1-15-13-16(2)22-19(14-15)31-23(26-22)25-20(29)7-8-21(30)28-11-9-27(10-12-28)18-6-4-3-5-17(18)24/h3-6,13-14H,7-12H2,1-2H3,(H,25,26,29). The number of thiazole rings is 1. The molecule has 0 aliphatic carbocycles. The van der Waals surface area contributed by atoms with Gasteiger partial charge >= 0.3 is 0 Å². The smallest absolute Gasteiger partial charge is 0.226 e. The number of aryl methyl sites for hydroxylation is 2. The number of carbonyl (C=O) groups excluding carboxylic acids is 2. The Morgan fingerprint density at radius 1 is 1.10 bits per heavy atom. The minimum Gasteiger partial charge on any atom is -0.366 e. The third kappa shape index (κ3) is 4.85. The second-order valence-electron chi connectivity index (χ2n) is 7.82. The van der Waals surface area contributed by atoms with Crippen molar-refractivity contribution >= 4 is 44.2 Å². The summed E-state index contributed by atoms with van der Waals surface area (Å²) in [5.41, 5.74) is 3.70. The Labute approximate surface area is 184 Å². The fraction of sp³-hybridized carbons (Fsp3) is 0.348. The third-order valence-electron chi connectivity index (χ3n) is 5.47. The zero-order valence-corrected chi connectivity index (χ0v) is 18.5. The summed E-state index contributed by atoms with van der Waals surface area (Å²) in [7, 11) is 0. The zero-order chi connectivity index (χ0) is 22.0. The number of rotatable bonds is 5. The molecule has 1 aliphatic rings. The van der Waals surface area contributed by atoms with Gasteiger partial charge < -0.3 is 15.1 Å². The molecule has 0 spiro atoms. The van der Waals surface area contributed by atoms with E-state index in [2.05, 4.69) is 22.4 Å². The predicted octanol–water partition coefficient (Wildman–Crippen LogP) is 4.12. The number of anilines is 2. The van der Waals surface area contributed by atoms with Gasteiger partial charge in [0.2, 0.25) is 11.8 Å². The number of halogens is 1. The highest BCUT2D eigenvalue weighted by atomic mass is 32.1. The van der Waals surface area contributed by atoms with E-state index < -0.39 is 0 Å². The Morgan fingerprint density at radius 3 is 2.58 bits per heavy atom. The Hall–Kier alpha value is -3.00. The Kier molecular flexibility index (Phi) is 6.18. The number of carbonyl (C=O) groups is 2. The molecule has 4 rings (SSSR count). The number of para-hydroxylation sites is 1. The fourth-order valence-corrected chi connectivity index (χ4v) is 4.95. The monoisotopic (exact) mass is 440 g/mol. The van der Waals surface area contributed by atoms with E-state index in [1.54, 1.807) is 17.0 Å². The molecule has 6 nitrogen and oxygen atoms in total. The van der Waals surface area contributed by atoms with Crippen molar-refractivity contribution in [3.63, 3.8) is 0 Å². The normalized spacial score (nSPS) is 14.2. The van der Waals surface area contributed by atoms with E-state index in [0.717, 1.165) is 21.3 Å². The molecule has 1 fully saturated rings. The maximum Gasteiger partial charge on any atom is 0.226 e. The molecule has 2 heterocycles. The van der Waals surface area contributed by atoms with Gasteiger partial charge in [-0.2, -0.15) is 0 Å². The van der Waals surface area contributed by atoms with Gasteiger partial charge in [-0.05, 0) is 43.2 Å². The fourth-order valence-electron chi connectivity index (χ4n) is 3.89. The summed E-state index contributed by atoms with van der Waals surface area (Å²) in [6, 6.07) is 10.8. The molecular weight excluding hydrogens is 415 g/mol. The maximum atomic E-state index is 14.0. The molecule has 1 N–H and O–H groups in total. The van der Waals surface area contributed by atoms with E-state index in [1.165, 1.54) is 17.4 Å². The summed E-state index contributed by atoms with van der Waals surface area (Å²) in [5, 5.41) is 3.37. The van der Waals surface area contributed by atoms with Gasteiger partial charge in [0.05, 0.1) is 15.9 Å². The van der Waals surface area contributed by atoms with Crippen molar-refractivity contribution in [3.05, 3.63) is 53.3 Å². The minimum atomic E-state index is -0.251. The van der Waals surface area contributed by atoms with E-state index in [9.17, 15) is 14.0 Å². The van der Waals surface area contributed by atoms with Crippen LogP contribution < -0.4 is 10.2 Å². The van der Waals surface area contributed by atoms with Gasteiger partial charge in [-0.1, -0.05) is 29.5 Å². The zero-order valence-electron chi connectivity index (χ0n) is 17.7. The summed E-state index contributed by atoms with van der Waals surface area (Å²) < 4.78 is 15.0. The van der Waals surface area contributed by atoms with Gasteiger partial charge in [-0.3, -0.25) is 9.59 Å². The highest BCUT2D eigenvalue weighted by molar-refractivity contribution is 7.22. The summed E-state index contributed by atoms with van der Waals surface area (Å²) in [5.74, 6) is -0.523. The van der Waals surface area contributed by atoms with Crippen molar-refractivity contribution in [2.75, 3.05) is 36.4 Å². The predicted molar refractivity (Wildman–Crippen MR) is 122 cm³/mol. The minimum absolute atomic E-state index is 0.0564. The number of benzene rings is 2. The second-order valence-corrected chi connectivity index (χ2v) is 8.85. The largest absolute Gasteiger partial charge is 0.366 e. The first-order valence-corrected chi connectivity index (χ1v) is 11.2. The van der Waals surface area contributed by atoms with Gasteiger partial charge in [0.1, 0.15) is 5.82 Å². The quantitative estimate of drug-likeness (QED) is 0.648. The average Bonchev–Trinajstić information content (AvgIpc) is 3.15. The van der Waals surface area contributed by atoms with Crippen LogP contribution in [-0.2, 0) is 9.59 Å². The molecule has 3 aromatic rings. The van der Waals surface area contributed by atoms with Crippen molar-refractivity contribution in [1.29, 1.82) is 0 Å². The lowest BCUT2D eigenvalue weighted by molar-refractivity contribution is -0.133. The van der Waals surface area contributed by atoms with E-state index in [0.29, 0.717) is 37.0 Å². The Balaban J connectivity index is 1.27. The molecule has 8 heteroatoms. The Bertz CT molecular complexity index is 1120. The van der Waals surface area contributed by atoms with Crippen molar-refractivity contribution in [1.82, 2.24) is 9.88 Å². The van der Waals surface area contributed by atoms with E-state index in [1.807, 2.05) is 24.8 Å². The molecule has 1 saturated heterocycles. The Morgan fingerprint density at radius 2 is 1.84 bits per heavy atom. The number of piperazine rings is 1. The highest BCUT2D eigenvalue weighted by Gasteiger charge is 2.23. The van der Waals surface area contributed by atoms with Gasteiger partial charge in [0.15, 0.2) is 5.13 Å². The van der Waals surface area contributed by atoms with Crippen molar-refractivity contribution in [3.8, 4) is 0 Å². The molecule has 0 bridgehead atoms. The molecule has 0 unspecified atom stereocenters. The van der Waals surface area contributed by atoms with E-state index in [4.69, 9.17) is 0 Å². The van der Waals surface area contributed by atoms with Crippen LogP contribution in [0.2, 0.25) is 0 Å². The first-order chi connectivity index (χ1) is 14.9. The van der Waals surface area contributed by atoms with Crippen LogP contribution in [0.4, 0.5) is 15.2 Å². The van der Waals surface area contributed by atoms with Crippen LogP contribution in [0.15, 0.2) is 36.4 Å². The molecule has 2 amide bonds. The number of fused-ring (bicyclic) bond motifs is 1. The van der Waals surface area contributed by atoms with Crippen LogP contribution in [0.1, 0.15) is 24.0 Å². The van der Waals surface area contributed by atoms with Crippen LogP contribution >= 0.6 is 11.3 Å². The highest BCUT2D eigenvalue weighted by Crippen LogP contribution is 2.29. The van der Waals surface area contributed by atoms with Crippen molar-refractivity contribution < 1.29 is 14.0 Å². The average molecular weight is 441 g/mol. The SMILES string of the molecule is Cc1cc(C)c2nc(NC(=O)CCC(=O)N3CCN(c4ccccc4F)CC3)sc2c1. The topological polar surface area (TPSA) is 65.5 Å². The summed E-state index contributed by atoms with van der Waals surface area (Å²) in [4.78, 5) is 33.1. The molecule has 0 saturated carbocycles. The molecule has 0 atom stereocenters. The summed E-state index contributed by atoms with van der Waals surface area (Å²) >= 11 is 1.44. The van der Waals surface area contributed by atoms with Gasteiger partial charge in [0.25, 0.3) is 0 Å². The van der Waals surface area contributed by atoms with Gasteiger partial charge in [0, 0.05) is 39.0 Å². The lowest BCUT2D eigenvalue weighted by atomic mass is 10.1. The molecule has 1 aliphatic heterocycles. The van der Waals surface area contributed by atoms with Gasteiger partial charge in [-0.25, -0.2) is 9.37 Å². The molecule has 31 heavy (non-hydrogen) atoms. The molecule has 162 valence electrons. The first kappa shape index (κ1) is 21.2. The number of hydrogen-bond acceptors (Lipinski definition) is 5. The van der Waals surface area contributed by atoms with Crippen LogP contribution in [0.3, 0.4) is 0 Å². The second kappa shape index (κ2) is 9.01. The number of amides is 2. The van der Waals surface area contributed by atoms with E-state index in [-0.39, 0.29) is 30.5 Å². The molecule has 2 aromatic carbocycles. The van der Waals surface area contributed by atoms with Crippen LogP contribution in [0.5, 0.6) is 0 Å². The van der Waals surface area contributed by atoms with Crippen molar-refractivity contribution in [2.24, 2.45) is 0 Å². The van der Waals surface area contributed by atoms with Crippen LogP contribution in [-0.4, -0.2) is 47.9 Å². The summed E-state index contributed by atoms with van der Waals surface area (Å²) in [6.07, 6.45) is 0.259. The third-order valence-corrected chi connectivity index (χ3v) is 6.39. The number of nitrogens with one attached hydrogen (secondary N) is 1. The lowest BCUT2D eigenvalue weighted by Gasteiger charge is -2.36. The first-order valence-electron chi connectivity index (χ1n) is 10.4. The van der Waals surface area contributed by atoms with Crippen LogP contribution in [0, 0.1) is 19.7 Å². The number of hydrogen-bond donors (Lipinski definition) is 1. The lowest BCUT2D eigenvalue weighted by Crippen LogP contribution is -2.49. The van der Waals surface area contributed by atoms with Gasteiger partial charge in [-0.15, -0.1) is 0 Å². The summed E-state index contributed by atoms with van der Waals surface area (Å²) in [6.45, 7) is 6.22. The molecule has 0 radical (unpaired) electrons. The van der Waals surface area contributed by atoms with Crippen molar-refractivity contribution in [2.45, 2.75) is 26.7 Å². The van der Waals surface area contributed by atoms with Crippen LogP contribution in [0.25, 0.3) is 10.2 Å². The molecule has 1 aromatic heterocycles. The molecular formula is C23H25FN4O2S. The number of nitrogens with zero attached hydrogens (tertiary/aromatic N) is 3. The maximum absolute atomic E-state index is 14.0. The number of aromatic nitrogens is 1.